The molecule has 0 unspecified atom stereocenters. The Kier molecular flexibility index (Phi) is 4.60. The van der Waals surface area contributed by atoms with Crippen molar-refractivity contribution in [3.05, 3.63) is 27.4 Å². The first-order chi connectivity index (χ1) is 9.51. The van der Waals surface area contributed by atoms with Gasteiger partial charge < -0.3 is 20.0 Å². The lowest BCUT2D eigenvalue weighted by molar-refractivity contribution is -0.393. The van der Waals surface area contributed by atoms with Gasteiger partial charge in [0.1, 0.15) is 0 Å². The number of pyridine rings is 1. The van der Waals surface area contributed by atoms with E-state index in [1.165, 1.54) is 0 Å². The summed E-state index contributed by atoms with van der Waals surface area (Å²) in [5, 5.41) is 19.2. The molecule has 0 atom stereocenters. The summed E-state index contributed by atoms with van der Waals surface area (Å²) in [7, 11) is 0. The normalized spacial score (nSPS) is 11.5. The van der Waals surface area contributed by atoms with Crippen molar-refractivity contribution in [2.24, 2.45) is 0 Å². The Balaban J connectivity index is 3.53. The third-order valence-electron chi connectivity index (χ3n) is 2.01. The standard InChI is InChI=1S/C9H5F5N2O5/c10-7(11)4-1-3(2-5(17)18)6(21-9(12,13)14)8(15-4)16(19)20/h1,7H,2H2,(H,17,18). The second kappa shape index (κ2) is 5.85. The number of nitrogens with zero attached hydrogens (tertiary/aromatic N) is 2. The van der Waals surface area contributed by atoms with Crippen LogP contribution in [0.4, 0.5) is 27.8 Å². The predicted molar refractivity (Wildman–Crippen MR) is 53.9 cm³/mol. The van der Waals surface area contributed by atoms with Crippen molar-refractivity contribution in [2.45, 2.75) is 19.2 Å². The van der Waals surface area contributed by atoms with E-state index in [1.807, 2.05) is 0 Å². The number of aliphatic carboxylic acids is 1. The van der Waals surface area contributed by atoms with E-state index in [0.29, 0.717) is 6.07 Å². The summed E-state index contributed by atoms with van der Waals surface area (Å²) in [5.41, 5.74) is -2.16. The minimum Gasteiger partial charge on any atom is -0.481 e. The number of carboxylic acids is 1. The maximum absolute atomic E-state index is 12.5. The lowest BCUT2D eigenvalue weighted by Crippen LogP contribution is -2.20. The Bertz CT molecular complexity index is 574. The van der Waals surface area contributed by atoms with E-state index in [9.17, 15) is 36.9 Å². The quantitative estimate of drug-likeness (QED) is 0.508. The molecule has 0 saturated heterocycles. The summed E-state index contributed by atoms with van der Waals surface area (Å²) >= 11 is 0. The molecule has 0 aliphatic heterocycles. The topological polar surface area (TPSA) is 103 Å². The SMILES string of the molecule is O=C(O)Cc1cc(C(F)F)nc([N+](=O)[O-])c1OC(F)(F)F. The number of rotatable bonds is 5. The van der Waals surface area contributed by atoms with Gasteiger partial charge in [-0.15, -0.1) is 13.2 Å². The molecule has 1 rings (SSSR count). The summed E-state index contributed by atoms with van der Waals surface area (Å²) in [6.07, 6.45) is -9.91. The van der Waals surface area contributed by atoms with E-state index < -0.39 is 52.9 Å². The Morgan fingerprint density at radius 2 is 2.05 bits per heavy atom. The second-order valence-electron chi connectivity index (χ2n) is 3.54. The van der Waals surface area contributed by atoms with Crippen molar-refractivity contribution >= 4 is 11.8 Å². The summed E-state index contributed by atoms with van der Waals surface area (Å²) in [5.74, 6) is -4.86. The van der Waals surface area contributed by atoms with E-state index in [1.54, 1.807) is 0 Å². The molecule has 0 fully saturated rings. The van der Waals surface area contributed by atoms with Gasteiger partial charge in [-0.1, -0.05) is 0 Å². The van der Waals surface area contributed by atoms with Crippen LogP contribution in [0.15, 0.2) is 6.07 Å². The van der Waals surface area contributed by atoms with Crippen molar-refractivity contribution in [2.75, 3.05) is 0 Å². The van der Waals surface area contributed by atoms with Gasteiger partial charge in [-0.05, 0) is 16.0 Å². The molecule has 0 radical (unpaired) electrons. The average molecular weight is 316 g/mol. The average Bonchev–Trinajstić information content (AvgIpc) is 2.27. The van der Waals surface area contributed by atoms with Gasteiger partial charge in [0, 0.05) is 5.56 Å². The van der Waals surface area contributed by atoms with Crippen LogP contribution >= 0.6 is 0 Å². The number of aromatic nitrogens is 1. The Labute approximate surface area is 112 Å². The molecular formula is C9H5F5N2O5. The van der Waals surface area contributed by atoms with Gasteiger partial charge >= 0.3 is 24.6 Å². The van der Waals surface area contributed by atoms with Crippen LogP contribution in [0.1, 0.15) is 17.7 Å². The zero-order valence-electron chi connectivity index (χ0n) is 9.73. The van der Waals surface area contributed by atoms with E-state index in [-0.39, 0.29) is 0 Å². The summed E-state index contributed by atoms with van der Waals surface area (Å²) in [6.45, 7) is 0. The molecule has 0 spiro atoms. The van der Waals surface area contributed by atoms with Gasteiger partial charge in [-0.3, -0.25) is 4.79 Å². The molecule has 1 aromatic heterocycles. The maximum atomic E-state index is 12.5. The molecule has 12 heteroatoms. The Hall–Kier alpha value is -2.53. The first kappa shape index (κ1) is 16.5. The molecule has 1 heterocycles. The smallest absolute Gasteiger partial charge is 0.481 e. The number of hydrogen-bond donors (Lipinski definition) is 1. The summed E-state index contributed by atoms with van der Waals surface area (Å²) in [6, 6.07) is 0.312. The third kappa shape index (κ3) is 4.50. The fourth-order valence-electron chi connectivity index (χ4n) is 1.35. The van der Waals surface area contributed by atoms with Crippen LogP contribution < -0.4 is 4.74 Å². The number of hydrogen-bond acceptors (Lipinski definition) is 5. The van der Waals surface area contributed by atoms with Crippen molar-refractivity contribution in [1.82, 2.24) is 4.98 Å². The lowest BCUT2D eigenvalue weighted by atomic mass is 10.1. The molecule has 0 aliphatic carbocycles. The number of nitro groups is 1. The highest BCUT2D eigenvalue weighted by molar-refractivity contribution is 5.72. The molecule has 0 saturated carbocycles. The molecule has 1 N–H and O–H groups in total. The van der Waals surface area contributed by atoms with Gasteiger partial charge in [0.25, 0.3) is 0 Å². The Morgan fingerprint density at radius 1 is 1.48 bits per heavy atom. The van der Waals surface area contributed by atoms with Crippen LogP contribution in [-0.2, 0) is 11.2 Å². The zero-order chi connectivity index (χ0) is 16.4. The van der Waals surface area contributed by atoms with Crippen molar-refractivity contribution in [3.63, 3.8) is 0 Å². The molecule has 0 aromatic carbocycles. The molecule has 7 nitrogen and oxygen atoms in total. The van der Waals surface area contributed by atoms with Crippen LogP contribution in [0.3, 0.4) is 0 Å². The predicted octanol–water partition coefficient (Wildman–Crippen LogP) is 2.45. The van der Waals surface area contributed by atoms with Crippen LogP contribution in [0.5, 0.6) is 5.75 Å². The first-order valence-corrected chi connectivity index (χ1v) is 4.95. The molecule has 1 aromatic rings. The van der Waals surface area contributed by atoms with Gasteiger partial charge in [-0.25, -0.2) is 8.78 Å². The summed E-state index contributed by atoms with van der Waals surface area (Å²) in [4.78, 5) is 22.4. The number of ether oxygens (including phenoxy) is 1. The first-order valence-electron chi connectivity index (χ1n) is 4.95. The van der Waals surface area contributed by atoms with Crippen LogP contribution in [0.2, 0.25) is 0 Å². The van der Waals surface area contributed by atoms with Crippen molar-refractivity contribution in [1.29, 1.82) is 0 Å². The fourth-order valence-corrected chi connectivity index (χ4v) is 1.35. The highest BCUT2D eigenvalue weighted by atomic mass is 19.4. The summed E-state index contributed by atoms with van der Waals surface area (Å²) < 4.78 is 64.9. The zero-order valence-corrected chi connectivity index (χ0v) is 9.73. The maximum Gasteiger partial charge on any atom is 0.573 e. The molecule has 0 bridgehead atoms. The number of carboxylic acid groups (broad SMARTS) is 1. The van der Waals surface area contributed by atoms with E-state index >= 15 is 0 Å². The van der Waals surface area contributed by atoms with Gasteiger partial charge in [0.05, 0.1) is 6.42 Å². The minimum atomic E-state index is -5.38. The second-order valence-corrected chi connectivity index (χ2v) is 3.54. The Morgan fingerprint density at radius 3 is 2.43 bits per heavy atom. The van der Waals surface area contributed by atoms with Crippen molar-refractivity contribution < 1.29 is 41.5 Å². The van der Waals surface area contributed by atoms with Crippen LogP contribution in [0, 0.1) is 10.1 Å². The fraction of sp³-hybridized carbons (Fsp3) is 0.333. The van der Waals surface area contributed by atoms with E-state index in [2.05, 4.69) is 9.72 Å². The monoisotopic (exact) mass is 316 g/mol. The van der Waals surface area contributed by atoms with Crippen LogP contribution in [0.25, 0.3) is 0 Å². The molecular weight excluding hydrogens is 311 g/mol. The highest BCUT2D eigenvalue weighted by Crippen LogP contribution is 2.36. The minimum absolute atomic E-state index is 0.312. The van der Waals surface area contributed by atoms with E-state index in [4.69, 9.17) is 5.11 Å². The molecule has 0 amide bonds. The van der Waals surface area contributed by atoms with Crippen LogP contribution in [-0.4, -0.2) is 27.3 Å². The number of halogens is 5. The van der Waals surface area contributed by atoms with E-state index in [0.717, 1.165) is 0 Å². The van der Waals surface area contributed by atoms with Crippen molar-refractivity contribution in [3.8, 4) is 5.75 Å². The largest absolute Gasteiger partial charge is 0.573 e. The van der Waals surface area contributed by atoms with Gasteiger partial charge in [0.15, 0.2) is 0 Å². The third-order valence-corrected chi connectivity index (χ3v) is 2.01. The number of carbonyl (C=O) groups is 1. The molecule has 21 heavy (non-hydrogen) atoms. The number of alkyl halides is 5. The van der Waals surface area contributed by atoms with Gasteiger partial charge in [0.2, 0.25) is 11.4 Å². The lowest BCUT2D eigenvalue weighted by Gasteiger charge is -2.12. The van der Waals surface area contributed by atoms with Gasteiger partial charge in [-0.2, -0.15) is 0 Å². The highest BCUT2D eigenvalue weighted by Gasteiger charge is 2.38. The molecule has 116 valence electrons. The molecule has 0 aliphatic rings.